The van der Waals surface area contributed by atoms with Crippen LogP contribution in [0.4, 0.5) is 0 Å². The highest BCUT2D eigenvalue weighted by Gasteiger charge is 2.51. The van der Waals surface area contributed by atoms with Crippen molar-refractivity contribution in [3.63, 3.8) is 0 Å². The fourth-order valence-electron chi connectivity index (χ4n) is 6.14. The van der Waals surface area contributed by atoms with Gasteiger partial charge in [0.25, 0.3) is 0 Å². The lowest BCUT2D eigenvalue weighted by Crippen LogP contribution is -2.56. The molecule has 5 aliphatic rings. The summed E-state index contributed by atoms with van der Waals surface area (Å²) in [7, 11) is 0. The summed E-state index contributed by atoms with van der Waals surface area (Å²) >= 11 is 0. The van der Waals surface area contributed by atoms with Gasteiger partial charge in [-0.25, -0.2) is 0 Å². The zero-order chi connectivity index (χ0) is 13.0. The van der Waals surface area contributed by atoms with E-state index in [1.165, 1.54) is 45.1 Å². The van der Waals surface area contributed by atoms with E-state index in [1.807, 2.05) is 0 Å². The lowest BCUT2D eigenvalue weighted by molar-refractivity contribution is -0.140. The molecule has 0 aromatic rings. The lowest BCUT2D eigenvalue weighted by atomic mass is 9.49. The minimum atomic E-state index is -0.626. The van der Waals surface area contributed by atoms with E-state index in [-0.39, 0.29) is 0 Å². The maximum absolute atomic E-state index is 10.7. The Morgan fingerprint density at radius 3 is 2.05 bits per heavy atom. The Bertz CT molecular complexity index is 351. The van der Waals surface area contributed by atoms with Crippen molar-refractivity contribution in [1.82, 2.24) is 4.90 Å². The summed E-state index contributed by atoms with van der Waals surface area (Å²) in [4.78, 5) is 13.2. The van der Waals surface area contributed by atoms with Gasteiger partial charge in [0.2, 0.25) is 0 Å². The molecule has 0 atom stereocenters. The SMILES string of the molecule is O=C(O)CC1CN(CC23CC4CC(CC(C4)C2)C3)C1. The van der Waals surface area contributed by atoms with Crippen molar-refractivity contribution in [3.05, 3.63) is 0 Å². The Morgan fingerprint density at radius 2 is 1.58 bits per heavy atom. The molecular formula is C16H25NO2. The number of carboxylic acid groups (broad SMARTS) is 1. The van der Waals surface area contributed by atoms with Crippen molar-refractivity contribution >= 4 is 5.97 Å². The second kappa shape index (κ2) is 4.21. The third kappa shape index (κ3) is 2.20. The molecule has 0 aromatic heterocycles. The van der Waals surface area contributed by atoms with Crippen LogP contribution in [0.1, 0.15) is 44.9 Å². The third-order valence-corrected chi connectivity index (χ3v) is 6.22. The average Bonchev–Trinajstić information content (AvgIpc) is 2.23. The van der Waals surface area contributed by atoms with Crippen LogP contribution in [0.25, 0.3) is 0 Å². The molecule has 0 radical (unpaired) electrons. The first kappa shape index (κ1) is 12.2. The highest BCUT2D eigenvalue weighted by atomic mass is 16.4. The first-order valence-electron chi connectivity index (χ1n) is 8.04. The molecule has 19 heavy (non-hydrogen) atoms. The number of likely N-dealkylation sites (tertiary alicyclic amines) is 1. The molecule has 3 nitrogen and oxygen atoms in total. The van der Waals surface area contributed by atoms with Crippen LogP contribution in [0.15, 0.2) is 0 Å². The van der Waals surface area contributed by atoms with Crippen LogP contribution < -0.4 is 0 Å². The average molecular weight is 263 g/mol. The number of rotatable bonds is 4. The van der Waals surface area contributed by atoms with Crippen molar-refractivity contribution < 1.29 is 9.90 Å². The topological polar surface area (TPSA) is 40.5 Å². The summed E-state index contributed by atoms with van der Waals surface area (Å²) in [6.45, 7) is 3.34. The van der Waals surface area contributed by atoms with E-state index in [0.29, 0.717) is 17.8 Å². The summed E-state index contributed by atoms with van der Waals surface area (Å²) in [6, 6.07) is 0. The van der Waals surface area contributed by atoms with Crippen molar-refractivity contribution in [2.75, 3.05) is 19.6 Å². The van der Waals surface area contributed by atoms with Gasteiger partial charge >= 0.3 is 5.97 Å². The normalized spacial score (nSPS) is 45.4. The second-order valence-corrected chi connectivity index (χ2v) is 8.08. The molecule has 4 aliphatic carbocycles. The van der Waals surface area contributed by atoms with Gasteiger partial charge in [-0.15, -0.1) is 0 Å². The number of aliphatic carboxylic acids is 1. The molecular weight excluding hydrogens is 238 g/mol. The monoisotopic (exact) mass is 263 g/mol. The van der Waals surface area contributed by atoms with Gasteiger partial charge in [-0.3, -0.25) is 4.79 Å². The molecule has 106 valence electrons. The summed E-state index contributed by atoms with van der Waals surface area (Å²) in [5.41, 5.74) is 0.628. The molecule has 1 saturated heterocycles. The number of carbonyl (C=O) groups is 1. The van der Waals surface area contributed by atoms with Gasteiger partial charge in [-0.2, -0.15) is 0 Å². The molecule has 1 aliphatic heterocycles. The molecule has 4 saturated carbocycles. The van der Waals surface area contributed by atoms with Gasteiger partial charge < -0.3 is 10.0 Å². The lowest BCUT2D eigenvalue weighted by Gasteiger charge is -2.59. The van der Waals surface area contributed by atoms with E-state index in [0.717, 1.165) is 30.8 Å². The summed E-state index contributed by atoms with van der Waals surface area (Å²) in [5, 5.41) is 8.82. The fraction of sp³-hybridized carbons (Fsp3) is 0.938. The smallest absolute Gasteiger partial charge is 0.303 e. The minimum absolute atomic E-state index is 0.372. The maximum atomic E-state index is 10.7. The largest absolute Gasteiger partial charge is 0.481 e. The molecule has 0 spiro atoms. The molecule has 0 amide bonds. The van der Waals surface area contributed by atoms with Crippen LogP contribution in [0.2, 0.25) is 0 Å². The Morgan fingerprint density at radius 1 is 1.05 bits per heavy atom. The predicted octanol–water partition coefficient (Wildman–Crippen LogP) is 2.61. The van der Waals surface area contributed by atoms with Gasteiger partial charge in [0.1, 0.15) is 0 Å². The summed E-state index contributed by atoms with van der Waals surface area (Å²) in [5.74, 6) is 2.89. The van der Waals surface area contributed by atoms with E-state index in [4.69, 9.17) is 5.11 Å². The molecule has 1 heterocycles. The quantitative estimate of drug-likeness (QED) is 0.847. The van der Waals surface area contributed by atoms with Crippen molar-refractivity contribution in [2.24, 2.45) is 29.1 Å². The molecule has 0 unspecified atom stereocenters. The van der Waals surface area contributed by atoms with Gasteiger partial charge in [-0.05, 0) is 67.6 Å². The first-order chi connectivity index (χ1) is 9.10. The third-order valence-electron chi connectivity index (χ3n) is 6.22. The van der Waals surface area contributed by atoms with Crippen molar-refractivity contribution in [1.29, 1.82) is 0 Å². The van der Waals surface area contributed by atoms with E-state index >= 15 is 0 Å². The van der Waals surface area contributed by atoms with Gasteiger partial charge in [0.05, 0.1) is 6.42 Å². The van der Waals surface area contributed by atoms with E-state index in [1.54, 1.807) is 0 Å². The zero-order valence-electron chi connectivity index (χ0n) is 11.7. The van der Waals surface area contributed by atoms with Crippen LogP contribution >= 0.6 is 0 Å². The highest BCUT2D eigenvalue weighted by Crippen LogP contribution is 2.60. The molecule has 3 heteroatoms. The Balaban J connectivity index is 1.35. The molecule has 0 aromatic carbocycles. The molecule has 4 bridgehead atoms. The van der Waals surface area contributed by atoms with Crippen LogP contribution in [-0.4, -0.2) is 35.6 Å². The Labute approximate surface area is 115 Å². The maximum Gasteiger partial charge on any atom is 0.303 e. The second-order valence-electron chi connectivity index (χ2n) is 8.08. The van der Waals surface area contributed by atoms with E-state index in [9.17, 15) is 4.79 Å². The summed E-state index contributed by atoms with van der Waals surface area (Å²) < 4.78 is 0. The first-order valence-corrected chi connectivity index (χ1v) is 8.04. The van der Waals surface area contributed by atoms with Crippen molar-refractivity contribution in [2.45, 2.75) is 44.9 Å². The van der Waals surface area contributed by atoms with Gasteiger partial charge in [-0.1, -0.05) is 0 Å². The van der Waals surface area contributed by atoms with E-state index < -0.39 is 5.97 Å². The highest BCUT2D eigenvalue weighted by molar-refractivity contribution is 5.67. The van der Waals surface area contributed by atoms with Gasteiger partial charge in [0, 0.05) is 19.6 Å². The van der Waals surface area contributed by atoms with Crippen LogP contribution in [-0.2, 0) is 4.79 Å². The minimum Gasteiger partial charge on any atom is -0.481 e. The van der Waals surface area contributed by atoms with Crippen LogP contribution in [0, 0.1) is 29.1 Å². The fourth-order valence-corrected chi connectivity index (χ4v) is 6.14. The molecule has 5 rings (SSSR count). The standard InChI is InChI=1S/C16H25NO2/c18-15(19)4-14-8-17(9-14)10-16-5-11-1-12(6-16)3-13(2-11)7-16/h11-14H,1-10H2,(H,18,19). The number of hydrogen-bond acceptors (Lipinski definition) is 2. The van der Waals surface area contributed by atoms with Gasteiger partial charge in [0.15, 0.2) is 0 Å². The number of carboxylic acids is 1. The predicted molar refractivity (Wildman–Crippen MR) is 72.8 cm³/mol. The van der Waals surface area contributed by atoms with Crippen molar-refractivity contribution in [3.8, 4) is 0 Å². The van der Waals surface area contributed by atoms with Crippen LogP contribution in [0.5, 0.6) is 0 Å². The van der Waals surface area contributed by atoms with E-state index in [2.05, 4.69) is 4.90 Å². The molecule has 5 fully saturated rings. The number of hydrogen-bond donors (Lipinski definition) is 1. The summed E-state index contributed by atoms with van der Waals surface area (Å²) in [6.07, 6.45) is 9.33. The Hall–Kier alpha value is -0.570. The number of nitrogens with zero attached hydrogens (tertiary/aromatic N) is 1. The zero-order valence-corrected chi connectivity index (χ0v) is 11.7. The molecule has 1 N–H and O–H groups in total. The Kier molecular flexibility index (Phi) is 2.70. The van der Waals surface area contributed by atoms with Crippen LogP contribution in [0.3, 0.4) is 0 Å².